The predicted molar refractivity (Wildman–Crippen MR) is 92.2 cm³/mol. The summed E-state index contributed by atoms with van der Waals surface area (Å²) in [6, 6.07) is 8.72. The van der Waals surface area contributed by atoms with E-state index >= 15 is 0 Å². The number of carbonyl (C=O) groups is 1. The molecule has 2 rings (SSSR count). The van der Waals surface area contributed by atoms with Gasteiger partial charge in [0.2, 0.25) is 5.91 Å². The third-order valence-corrected chi connectivity index (χ3v) is 3.54. The van der Waals surface area contributed by atoms with E-state index in [-0.39, 0.29) is 5.91 Å². The van der Waals surface area contributed by atoms with Crippen LogP contribution in [-0.4, -0.2) is 23.9 Å². The van der Waals surface area contributed by atoms with Crippen molar-refractivity contribution >= 4 is 38.0 Å². The van der Waals surface area contributed by atoms with Crippen molar-refractivity contribution in [3.63, 3.8) is 0 Å². The van der Waals surface area contributed by atoms with Gasteiger partial charge in [-0.05, 0) is 48.4 Å². The molecule has 0 spiro atoms. The first kappa shape index (κ1) is 19.0. The zero-order valence-corrected chi connectivity index (χ0v) is 14.6. The first-order valence-electron chi connectivity index (χ1n) is 6.30. The molecule has 8 heteroatoms. The van der Waals surface area contributed by atoms with Crippen LogP contribution in [0.1, 0.15) is 21.5 Å². The Bertz CT molecular complexity index is 805. The smallest absolute Gasteiger partial charge is 0.287 e. The van der Waals surface area contributed by atoms with Gasteiger partial charge in [-0.2, -0.15) is 8.42 Å². The van der Waals surface area contributed by atoms with Gasteiger partial charge in [0.05, 0.1) is 5.41 Å². The summed E-state index contributed by atoms with van der Waals surface area (Å²) in [5, 5.41) is 0.712. The Morgan fingerprint density at radius 2 is 2.04 bits per heavy atom. The number of carbonyl (C=O) groups excluding carboxylic acids is 1. The monoisotopic (exact) mass is 398 g/mol. The summed E-state index contributed by atoms with van der Waals surface area (Å²) in [4.78, 5) is 14.5. The van der Waals surface area contributed by atoms with Gasteiger partial charge in [0.25, 0.3) is 10.1 Å². The quantitative estimate of drug-likeness (QED) is 0.772. The molecule has 0 bridgehead atoms. The van der Waals surface area contributed by atoms with E-state index in [1.165, 1.54) is 12.3 Å². The van der Waals surface area contributed by atoms with Gasteiger partial charge in [-0.25, -0.2) is 0 Å². The number of hydrogen-bond acceptors (Lipinski definition) is 4. The zero-order valence-electron chi connectivity index (χ0n) is 12.2. The molecular formula is C15H15BrN2O4S. The fraction of sp³-hybridized carbons (Fsp3) is 0.0667. The predicted octanol–water partition coefficient (Wildman–Crippen LogP) is 2.80. The van der Waals surface area contributed by atoms with Gasteiger partial charge in [0.1, 0.15) is 0 Å². The molecule has 122 valence electrons. The highest BCUT2D eigenvalue weighted by molar-refractivity contribution is 9.10. The van der Waals surface area contributed by atoms with Crippen LogP contribution in [0.4, 0.5) is 0 Å². The lowest BCUT2D eigenvalue weighted by Crippen LogP contribution is -2.12. The number of amides is 1. The summed E-state index contributed by atoms with van der Waals surface area (Å²) in [5.74, 6) is -0.380. The number of aromatic nitrogens is 1. The number of benzene rings is 1. The average Bonchev–Trinajstić information content (AvgIpc) is 2.46. The van der Waals surface area contributed by atoms with Gasteiger partial charge in [0.15, 0.2) is 0 Å². The summed E-state index contributed by atoms with van der Waals surface area (Å²) in [7, 11) is -4.03. The van der Waals surface area contributed by atoms with Crippen molar-refractivity contribution in [1.29, 1.82) is 0 Å². The minimum absolute atomic E-state index is 0.380. The molecule has 0 saturated heterocycles. The van der Waals surface area contributed by atoms with E-state index < -0.39 is 10.1 Å². The van der Waals surface area contributed by atoms with Crippen molar-refractivity contribution in [2.45, 2.75) is 6.92 Å². The molecule has 1 amide bonds. The second-order valence-electron chi connectivity index (χ2n) is 4.43. The van der Waals surface area contributed by atoms with Gasteiger partial charge >= 0.3 is 0 Å². The molecule has 0 radical (unpaired) electrons. The maximum Gasteiger partial charge on any atom is 0.287 e. The van der Waals surface area contributed by atoms with Crippen molar-refractivity contribution in [3.8, 4) is 0 Å². The lowest BCUT2D eigenvalue weighted by molar-refractivity contribution is 0.0999. The molecule has 0 atom stereocenters. The van der Waals surface area contributed by atoms with Crippen LogP contribution in [0.25, 0.3) is 6.08 Å². The van der Waals surface area contributed by atoms with Crippen molar-refractivity contribution < 1.29 is 17.8 Å². The van der Waals surface area contributed by atoms with Crippen LogP contribution in [0.3, 0.4) is 0 Å². The number of nitrogens with zero attached hydrogens (tertiary/aromatic N) is 1. The van der Waals surface area contributed by atoms with Crippen LogP contribution in [0.2, 0.25) is 0 Å². The SMILES string of the molecule is Cc1cc(Br)ccc1C(N)=O.O=S(=O)(O)/C=C/c1cccnc1. The fourth-order valence-corrected chi connectivity index (χ4v) is 2.35. The van der Waals surface area contributed by atoms with Gasteiger partial charge < -0.3 is 5.73 Å². The standard InChI is InChI=1S/C8H8BrNO.C7H7NO3S/c1-5-4-6(9)2-3-7(5)8(10)11;9-12(10,11)5-3-7-2-1-4-8-6-7/h2-4H,1H3,(H2,10,11);1-6H,(H,9,10,11)/b;5-3+. The van der Waals surface area contributed by atoms with E-state index in [2.05, 4.69) is 20.9 Å². The molecule has 6 nitrogen and oxygen atoms in total. The average molecular weight is 399 g/mol. The normalized spacial score (nSPS) is 10.9. The van der Waals surface area contributed by atoms with E-state index in [9.17, 15) is 13.2 Å². The fourth-order valence-electron chi connectivity index (χ4n) is 1.54. The highest BCUT2D eigenvalue weighted by Crippen LogP contribution is 2.14. The first-order valence-corrected chi connectivity index (χ1v) is 8.60. The van der Waals surface area contributed by atoms with Crippen molar-refractivity contribution in [2.75, 3.05) is 0 Å². The van der Waals surface area contributed by atoms with Gasteiger partial charge in [-0.15, -0.1) is 0 Å². The van der Waals surface area contributed by atoms with Crippen molar-refractivity contribution in [1.82, 2.24) is 4.98 Å². The minimum atomic E-state index is -4.03. The van der Waals surface area contributed by atoms with Crippen LogP contribution < -0.4 is 5.73 Å². The second kappa shape index (κ2) is 8.56. The Labute approximate surface area is 142 Å². The molecule has 1 aromatic heterocycles. The van der Waals surface area contributed by atoms with E-state index in [1.54, 1.807) is 30.5 Å². The molecule has 1 aromatic carbocycles. The van der Waals surface area contributed by atoms with Crippen LogP contribution in [-0.2, 0) is 10.1 Å². The minimum Gasteiger partial charge on any atom is -0.366 e. The van der Waals surface area contributed by atoms with Gasteiger partial charge in [0, 0.05) is 22.4 Å². The van der Waals surface area contributed by atoms with Crippen molar-refractivity contribution in [2.24, 2.45) is 5.73 Å². The molecule has 0 saturated carbocycles. The zero-order chi connectivity index (χ0) is 17.5. The van der Waals surface area contributed by atoms with Crippen LogP contribution in [0, 0.1) is 6.92 Å². The maximum atomic E-state index is 10.7. The molecular weight excluding hydrogens is 384 g/mol. The first-order chi connectivity index (χ1) is 10.7. The number of rotatable bonds is 3. The third kappa shape index (κ3) is 7.68. The molecule has 23 heavy (non-hydrogen) atoms. The van der Waals surface area contributed by atoms with Gasteiger partial charge in [-0.1, -0.05) is 22.0 Å². The lowest BCUT2D eigenvalue weighted by Gasteiger charge is -2.00. The molecule has 0 unspecified atom stereocenters. The number of primary amides is 1. The Balaban J connectivity index is 0.000000231. The third-order valence-electron chi connectivity index (χ3n) is 2.57. The van der Waals surface area contributed by atoms with E-state index in [4.69, 9.17) is 10.3 Å². The molecule has 0 aliphatic heterocycles. The second-order valence-corrected chi connectivity index (χ2v) is 6.65. The maximum absolute atomic E-state index is 10.7. The molecule has 0 aliphatic rings. The number of nitrogens with two attached hydrogens (primary N) is 1. The highest BCUT2D eigenvalue weighted by Gasteiger charge is 2.03. The summed E-state index contributed by atoms with van der Waals surface area (Å²) < 4.78 is 29.8. The summed E-state index contributed by atoms with van der Waals surface area (Å²) in [6.07, 6.45) is 4.33. The number of pyridine rings is 1. The van der Waals surface area contributed by atoms with E-state index in [0.717, 1.165) is 10.0 Å². The number of hydrogen-bond donors (Lipinski definition) is 2. The summed E-state index contributed by atoms with van der Waals surface area (Å²) >= 11 is 3.29. The van der Waals surface area contributed by atoms with Crippen molar-refractivity contribution in [3.05, 3.63) is 69.3 Å². The largest absolute Gasteiger partial charge is 0.366 e. The Morgan fingerprint density at radius 3 is 2.52 bits per heavy atom. The molecule has 0 fully saturated rings. The number of aryl methyl sites for hydroxylation is 1. The Kier molecular flexibility index (Phi) is 7.08. The van der Waals surface area contributed by atoms with E-state index in [1.807, 2.05) is 13.0 Å². The van der Waals surface area contributed by atoms with Crippen LogP contribution >= 0.6 is 15.9 Å². The van der Waals surface area contributed by atoms with Crippen LogP contribution in [0.5, 0.6) is 0 Å². The summed E-state index contributed by atoms with van der Waals surface area (Å²) in [5.41, 5.74) is 7.20. The molecule has 3 N–H and O–H groups in total. The summed E-state index contributed by atoms with van der Waals surface area (Å²) in [6.45, 7) is 1.85. The molecule has 2 aromatic rings. The number of halogens is 1. The van der Waals surface area contributed by atoms with Crippen LogP contribution in [0.15, 0.2) is 52.6 Å². The Morgan fingerprint density at radius 1 is 1.35 bits per heavy atom. The molecule has 0 aliphatic carbocycles. The van der Waals surface area contributed by atoms with Gasteiger partial charge in [-0.3, -0.25) is 14.3 Å². The Hall–Kier alpha value is -2.03. The lowest BCUT2D eigenvalue weighted by atomic mass is 10.1. The molecule has 1 heterocycles. The topological polar surface area (TPSA) is 110 Å². The van der Waals surface area contributed by atoms with E-state index in [0.29, 0.717) is 16.5 Å². The highest BCUT2D eigenvalue weighted by atomic mass is 79.9.